The first-order chi connectivity index (χ1) is 9.62. The summed E-state index contributed by atoms with van der Waals surface area (Å²) in [5.74, 6) is 1.83. The highest BCUT2D eigenvalue weighted by molar-refractivity contribution is 6.32. The average molecular weight is 299 g/mol. The van der Waals surface area contributed by atoms with Crippen LogP contribution < -0.4 is 4.74 Å². The summed E-state index contributed by atoms with van der Waals surface area (Å²) in [6, 6.07) is 3.48. The minimum atomic E-state index is -0.250. The second-order valence-corrected chi connectivity index (χ2v) is 5.26. The highest BCUT2D eigenvalue weighted by Crippen LogP contribution is 2.33. The number of hydrogen-bond donors (Lipinski definition) is 1. The van der Waals surface area contributed by atoms with Gasteiger partial charge in [-0.2, -0.15) is 0 Å². The Kier molecular flexibility index (Phi) is 7.09. The van der Waals surface area contributed by atoms with E-state index in [0.29, 0.717) is 17.2 Å². The molecule has 110 valence electrons. The van der Waals surface area contributed by atoms with Crippen LogP contribution in [0.3, 0.4) is 0 Å². The Morgan fingerprint density at radius 1 is 1.35 bits per heavy atom. The van der Waals surface area contributed by atoms with Gasteiger partial charge in [0.05, 0.1) is 11.6 Å². The smallest absolute Gasteiger partial charge is 0.290 e. The SMILES string of the molecule is CC1CC1.O=CO.O=Cc1cc(Cl)c2c(c1)CCCO2. The summed E-state index contributed by atoms with van der Waals surface area (Å²) < 4.78 is 5.41. The van der Waals surface area contributed by atoms with Crippen LogP contribution in [0.25, 0.3) is 0 Å². The molecule has 0 amide bonds. The maximum Gasteiger partial charge on any atom is 0.290 e. The molecule has 1 aromatic carbocycles. The van der Waals surface area contributed by atoms with Crippen molar-refractivity contribution >= 4 is 24.4 Å². The fourth-order valence-electron chi connectivity index (χ4n) is 1.69. The molecular formula is C15H19ClO4. The van der Waals surface area contributed by atoms with Gasteiger partial charge >= 0.3 is 0 Å². The number of ether oxygens (including phenoxy) is 1. The van der Waals surface area contributed by atoms with E-state index in [1.165, 1.54) is 12.8 Å². The number of aryl methyl sites for hydroxylation is 1. The zero-order valence-electron chi connectivity index (χ0n) is 11.5. The van der Waals surface area contributed by atoms with E-state index in [1.54, 1.807) is 6.07 Å². The number of carboxylic acid groups (broad SMARTS) is 1. The molecule has 1 aromatic rings. The van der Waals surface area contributed by atoms with Crippen molar-refractivity contribution in [1.29, 1.82) is 0 Å². The molecule has 0 radical (unpaired) electrons. The van der Waals surface area contributed by atoms with Gasteiger partial charge in [0.15, 0.2) is 0 Å². The fraction of sp³-hybridized carbons (Fsp3) is 0.467. The Morgan fingerprint density at radius 2 is 1.95 bits per heavy atom. The first kappa shape index (κ1) is 16.5. The summed E-state index contributed by atoms with van der Waals surface area (Å²) in [7, 11) is 0. The van der Waals surface area contributed by atoms with Crippen LogP contribution in [-0.4, -0.2) is 24.5 Å². The van der Waals surface area contributed by atoms with Gasteiger partial charge in [-0.05, 0) is 36.5 Å². The van der Waals surface area contributed by atoms with Crippen LogP contribution >= 0.6 is 11.6 Å². The first-order valence-corrected chi connectivity index (χ1v) is 6.98. The lowest BCUT2D eigenvalue weighted by Gasteiger charge is -2.18. The van der Waals surface area contributed by atoms with Crippen molar-refractivity contribution in [2.24, 2.45) is 5.92 Å². The van der Waals surface area contributed by atoms with Crippen molar-refractivity contribution in [1.82, 2.24) is 0 Å². The molecule has 0 saturated heterocycles. The van der Waals surface area contributed by atoms with Crippen molar-refractivity contribution in [3.63, 3.8) is 0 Å². The molecule has 1 saturated carbocycles. The van der Waals surface area contributed by atoms with E-state index in [0.717, 1.165) is 36.4 Å². The quantitative estimate of drug-likeness (QED) is 0.805. The van der Waals surface area contributed by atoms with Gasteiger partial charge in [-0.25, -0.2) is 0 Å². The highest BCUT2D eigenvalue weighted by Gasteiger charge is 2.14. The van der Waals surface area contributed by atoms with E-state index in [-0.39, 0.29) is 6.47 Å². The molecule has 1 fully saturated rings. The summed E-state index contributed by atoms with van der Waals surface area (Å²) in [5, 5.41) is 7.43. The molecule has 1 aliphatic heterocycles. The van der Waals surface area contributed by atoms with Crippen LogP contribution in [0.4, 0.5) is 0 Å². The van der Waals surface area contributed by atoms with E-state index >= 15 is 0 Å². The Bertz CT molecular complexity index is 455. The van der Waals surface area contributed by atoms with Crippen molar-refractivity contribution in [2.45, 2.75) is 32.6 Å². The lowest BCUT2D eigenvalue weighted by molar-refractivity contribution is -0.122. The monoisotopic (exact) mass is 298 g/mol. The third-order valence-corrected chi connectivity index (χ3v) is 3.26. The maximum atomic E-state index is 10.5. The van der Waals surface area contributed by atoms with Crippen molar-refractivity contribution in [3.8, 4) is 5.75 Å². The topological polar surface area (TPSA) is 63.6 Å². The third kappa shape index (κ3) is 5.61. The molecular weight excluding hydrogens is 280 g/mol. The Balaban J connectivity index is 0.000000237. The molecule has 1 N–H and O–H groups in total. The largest absolute Gasteiger partial charge is 0.492 e. The first-order valence-electron chi connectivity index (χ1n) is 6.60. The Labute approximate surface area is 123 Å². The van der Waals surface area contributed by atoms with Crippen LogP contribution in [0, 0.1) is 5.92 Å². The zero-order chi connectivity index (χ0) is 15.0. The summed E-state index contributed by atoms with van der Waals surface area (Å²) in [5.41, 5.74) is 1.66. The highest BCUT2D eigenvalue weighted by atomic mass is 35.5. The predicted molar refractivity (Wildman–Crippen MR) is 77.7 cm³/mol. The van der Waals surface area contributed by atoms with E-state index < -0.39 is 0 Å². The lowest BCUT2D eigenvalue weighted by atomic mass is 10.0. The van der Waals surface area contributed by atoms with Gasteiger partial charge in [0.25, 0.3) is 6.47 Å². The number of fused-ring (bicyclic) bond motifs is 1. The molecule has 0 spiro atoms. The molecule has 2 aliphatic rings. The molecule has 1 heterocycles. The van der Waals surface area contributed by atoms with Crippen LogP contribution in [-0.2, 0) is 11.2 Å². The summed E-state index contributed by atoms with van der Waals surface area (Å²) >= 11 is 5.94. The molecule has 0 unspecified atom stereocenters. The van der Waals surface area contributed by atoms with Gasteiger partial charge in [0.2, 0.25) is 0 Å². The van der Waals surface area contributed by atoms with E-state index in [4.69, 9.17) is 26.2 Å². The lowest BCUT2D eigenvalue weighted by Crippen LogP contribution is -2.09. The van der Waals surface area contributed by atoms with Gasteiger partial charge in [-0.15, -0.1) is 0 Å². The second-order valence-electron chi connectivity index (χ2n) is 4.85. The van der Waals surface area contributed by atoms with Gasteiger partial charge in [-0.3, -0.25) is 9.59 Å². The van der Waals surface area contributed by atoms with E-state index in [9.17, 15) is 4.79 Å². The Hall–Kier alpha value is -1.55. The average Bonchev–Trinajstić information content (AvgIpc) is 3.23. The third-order valence-electron chi connectivity index (χ3n) is 2.98. The normalized spacial score (nSPS) is 15.3. The molecule has 20 heavy (non-hydrogen) atoms. The van der Waals surface area contributed by atoms with Crippen molar-refractivity contribution in [3.05, 3.63) is 28.3 Å². The molecule has 5 heteroatoms. The van der Waals surface area contributed by atoms with Gasteiger partial charge in [0, 0.05) is 5.56 Å². The van der Waals surface area contributed by atoms with Crippen LogP contribution in [0.15, 0.2) is 12.1 Å². The standard InChI is InChI=1S/C10H9ClO2.C4H8.CH2O2/c11-9-5-7(6-12)4-8-2-1-3-13-10(8)9;1-4-2-3-4;2-1-3/h4-6H,1-3H2;4H,2-3H2,1H3;1H,(H,2,3). The van der Waals surface area contributed by atoms with Crippen molar-refractivity contribution < 1.29 is 19.4 Å². The van der Waals surface area contributed by atoms with E-state index in [2.05, 4.69) is 6.92 Å². The molecule has 0 atom stereocenters. The predicted octanol–water partition coefficient (Wildman–Crippen LogP) is 3.59. The number of benzene rings is 1. The number of carbonyl (C=O) groups excluding carboxylic acids is 1. The number of carbonyl (C=O) groups is 2. The van der Waals surface area contributed by atoms with Crippen LogP contribution in [0.1, 0.15) is 42.1 Å². The second kappa shape index (κ2) is 8.59. The minimum Gasteiger partial charge on any atom is -0.492 e. The molecule has 0 aromatic heterocycles. The van der Waals surface area contributed by atoms with Gasteiger partial charge in [0.1, 0.15) is 12.0 Å². The number of rotatable bonds is 1. The van der Waals surface area contributed by atoms with Crippen LogP contribution in [0.2, 0.25) is 5.02 Å². The fourth-order valence-corrected chi connectivity index (χ4v) is 1.99. The molecule has 4 nitrogen and oxygen atoms in total. The molecule has 1 aliphatic carbocycles. The number of aldehydes is 1. The van der Waals surface area contributed by atoms with Gasteiger partial charge < -0.3 is 9.84 Å². The minimum absolute atomic E-state index is 0.250. The number of hydrogen-bond acceptors (Lipinski definition) is 3. The molecule has 0 bridgehead atoms. The summed E-state index contributed by atoms with van der Waals surface area (Å²) in [6.07, 6.45) is 5.71. The number of halogens is 1. The molecule has 3 rings (SSSR count). The van der Waals surface area contributed by atoms with E-state index in [1.807, 2.05) is 6.07 Å². The Morgan fingerprint density at radius 3 is 2.45 bits per heavy atom. The summed E-state index contributed by atoms with van der Waals surface area (Å²) in [4.78, 5) is 18.9. The maximum absolute atomic E-state index is 10.5. The zero-order valence-corrected chi connectivity index (χ0v) is 12.2. The van der Waals surface area contributed by atoms with Crippen LogP contribution in [0.5, 0.6) is 5.75 Å². The summed E-state index contributed by atoms with van der Waals surface area (Å²) in [6.45, 7) is 2.74. The van der Waals surface area contributed by atoms with Crippen molar-refractivity contribution in [2.75, 3.05) is 6.61 Å². The van der Waals surface area contributed by atoms with Gasteiger partial charge in [-0.1, -0.05) is 31.4 Å².